The van der Waals surface area contributed by atoms with Crippen molar-refractivity contribution in [2.24, 2.45) is 0 Å². The second-order valence-electron chi connectivity index (χ2n) is 7.15. The number of rotatable bonds is 9. The molecule has 0 radical (unpaired) electrons. The van der Waals surface area contributed by atoms with Gasteiger partial charge >= 0.3 is 5.97 Å². The summed E-state index contributed by atoms with van der Waals surface area (Å²) in [6.07, 6.45) is 3.05. The third-order valence-corrected chi connectivity index (χ3v) is 6.01. The first-order valence-corrected chi connectivity index (χ1v) is 11.6. The molecule has 0 fully saturated rings. The topological polar surface area (TPSA) is 40.5 Å². The van der Waals surface area contributed by atoms with E-state index in [1.165, 1.54) is 10.5 Å². The molecule has 4 rings (SSSR count). The maximum atomic E-state index is 12.8. The van der Waals surface area contributed by atoms with Gasteiger partial charge in [-0.05, 0) is 48.9 Å². The average molecular weight is 444 g/mol. The highest BCUT2D eigenvalue weighted by molar-refractivity contribution is 7.98. The van der Waals surface area contributed by atoms with E-state index in [0.717, 1.165) is 17.0 Å². The van der Waals surface area contributed by atoms with Crippen LogP contribution in [0.4, 0.5) is 0 Å². The van der Waals surface area contributed by atoms with Crippen LogP contribution < -0.4 is 4.74 Å². The van der Waals surface area contributed by atoms with Gasteiger partial charge in [0.15, 0.2) is 0 Å². The number of nitrogens with zero attached hydrogens (tertiary/aromatic N) is 1. The zero-order valence-corrected chi connectivity index (χ0v) is 18.7. The van der Waals surface area contributed by atoms with E-state index in [0.29, 0.717) is 12.4 Å². The fraction of sp³-hybridized carbons (Fsp3) is 0.148. The minimum absolute atomic E-state index is 0.295. The van der Waals surface area contributed by atoms with Crippen molar-refractivity contribution >= 4 is 17.7 Å². The van der Waals surface area contributed by atoms with Gasteiger partial charge in [0, 0.05) is 28.6 Å². The summed E-state index contributed by atoms with van der Waals surface area (Å²) in [6, 6.07) is 29.8. The van der Waals surface area contributed by atoms with Crippen LogP contribution in [-0.4, -0.2) is 17.1 Å². The van der Waals surface area contributed by atoms with Gasteiger partial charge in [-0.15, -0.1) is 11.8 Å². The van der Waals surface area contributed by atoms with Gasteiger partial charge in [0.25, 0.3) is 0 Å². The Morgan fingerprint density at radius 2 is 1.56 bits per heavy atom. The van der Waals surface area contributed by atoms with Crippen molar-refractivity contribution in [2.45, 2.75) is 23.7 Å². The van der Waals surface area contributed by atoms with E-state index in [1.807, 2.05) is 95.8 Å². The molecule has 5 heteroatoms. The summed E-state index contributed by atoms with van der Waals surface area (Å²) in [5.41, 5.74) is 2.81. The van der Waals surface area contributed by atoms with Crippen molar-refractivity contribution in [1.29, 1.82) is 0 Å². The Morgan fingerprint density at radius 1 is 0.875 bits per heavy atom. The Kier molecular flexibility index (Phi) is 7.31. The van der Waals surface area contributed by atoms with Gasteiger partial charge in [-0.2, -0.15) is 0 Å². The number of benzene rings is 3. The van der Waals surface area contributed by atoms with Gasteiger partial charge in [0.1, 0.15) is 5.75 Å². The minimum atomic E-state index is -0.845. The molecule has 0 saturated carbocycles. The van der Waals surface area contributed by atoms with Crippen LogP contribution in [0.25, 0.3) is 5.69 Å². The molecule has 0 saturated heterocycles. The van der Waals surface area contributed by atoms with E-state index < -0.39 is 12.1 Å². The van der Waals surface area contributed by atoms with Crippen LogP contribution in [0.1, 0.15) is 24.2 Å². The number of ether oxygens (including phenoxy) is 2. The molecule has 0 aliphatic rings. The van der Waals surface area contributed by atoms with E-state index in [9.17, 15) is 4.79 Å². The number of hydrogen-bond donors (Lipinski definition) is 0. The number of carbonyl (C=O) groups is 1. The van der Waals surface area contributed by atoms with E-state index >= 15 is 0 Å². The molecule has 4 nitrogen and oxygen atoms in total. The highest BCUT2D eigenvalue weighted by Crippen LogP contribution is 2.30. The maximum Gasteiger partial charge on any atom is 0.352 e. The van der Waals surface area contributed by atoms with Crippen LogP contribution in [0.2, 0.25) is 0 Å². The van der Waals surface area contributed by atoms with Crippen molar-refractivity contribution in [2.75, 3.05) is 6.61 Å². The Bertz CT molecular complexity index is 1130. The summed E-state index contributed by atoms with van der Waals surface area (Å²) in [4.78, 5) is 14.0. The molecule has 0 aliphatic carbocycles. The lowest BCUT2D eigenvalue weighted by Gasteiger charge is -2.20. The first kappa shape index (κ1) is 21.8. The summed E-state index contributed by atoms with van der Waals surface area (Å²) in [5.74, 6) is 1.07. The van der Waals surface area contributed by atoms with Crippen LogP contribution in [-0.2, 0) is 15.3 Å². The molecule has 1 atom stereocenters. The Hall–Kier alpha value is -3.44. The number of hydrogen-bond acceptors (Lipinski definition) is 4. The van der Waals surface area contributed by atoms with Crippen molar-refractivity contribution in [3.8, 4) is 11.4 Å². The van der Waals surface area contributed by atoms with Crippen molar-refractivity contribution in [3.05, 3.63) is 115 Å². The third kappa shape index (κ3) is 5.42. The monoisotopic (exact) mass is 443 g/mol. The van der Waals surface area contributed by atoms with Gasteiger partial charge in [-0.1, -0.05) is 54.6 Å². The summed E-state index contributed by atoms with van der Waals surface area (Å²) in [6.45, 7) is 2.09. The summed E-state index contributed by atoms with van der Waals surface area (Å²) >= 11 is 1.78. The summed E-state index contributed by atoms with van der Waals surface area (Å²) in [7, 11) is 0. The van der Waals surface area contributed by atoms with Gasteiger partial charge in [0.05, 0.1) is 12.3 Å². The van der Waals surface area contributed by atoms with Crippen LogP contribution in [0.15, 0.2) is 108 Å². The van der Waals surface area contributed by atoms with Crippen molar-refractivity contribution < 1.29 is 14.3 Å². The summed E-state index contributed by atoms with van der Waals surface area (Å²) in [5, 5.41) is 0. The minimum Gasteiger partial charge on any atom is -0.472 e. The van der Waals surface area contributed by atoms with Gasteiger partial charge < -0.3 is 14.0 Å². The molecule has 0 amide bonds. The molecular weight excluding hydrogens is 418 g/mol. The highest BCUT2D eigenvalue weighted by Gasteiger charge is 2.25. The molecule has 32 heavy (non-hydrogen) atoms. The number of thioether (sulfide) groups is 1. The van der Waals surface area contributed by atoms with Crippen LogP contribution >= 0.6 is 11.8 Å². The lowest BCUT2D eigenvalue weighted by atomic mass is 10.1. The average Bonchev–Trinajstić information content (AvgIpc) is 3.37. The Labute approximate surface area is 192 Å². The fourth-order valence-electron chi connectivity index (χ4n) is 3.33. The van der Waals surface area contributed by atoms with E-state index in [-0.39, 0.29) is 0 Å². The zero-order chi connectivity index (χ0) is 22.2. The van der Waals surface area contributed by atoms with Crippen molar-refractivity contribution in [3.63, 3.8) is 0 Å². The zero-order valence-electron chi connectivity index (χ0n) is 17.9. The summed E-state index contributed by atoms with van der Waals surface area (Å²) < 4.78 is 13.5. The smallest absolute Gasteiger partial charge is 0.352 e. The normalized spacial score (nSPS) is 11.7. The lowest BCUT2D eigenvalue weighted by molar-refractivity contribution is -0.151. The van der Waals surface area contributed by atoms with Crippen LogP contribution in [0.3, 0.4) is 0 Å². The first-order valence-electron chi connectivity index (χ1n) is 10.6. The van der Waals surface area contributed by atoms with Gasteiger partial charge in [-0.3, -0.25) is 0 Å². The standard InChI is InChI=1S/C27H25NO3S/c1-2-30-27(29)26(31-25-13-7-6-12-24(25)28-18-8-9-19-28)22-16-14-21(15-17-22)20-32-23-10-4-3-5-11-23/h3-19,26H,2,20H2,1H3. The number of carbonyl (C=O) groups excluding carboxylic acids is 1. The van der Waals surface area contributed by atoms with E-state index in [2.05, 4.69) is 12.1 Å². The van der Waals surface area contributed by atoms with Gasteiger partial charge in [-0.25, -0.2) is 4.79 Å². The molecule has 162 valence electrons. The molecule has 1 aromatic heterocycles. The first-order chi connectivity index (χ1) is 15.7. The second kappa shape index (κ2) is 10.7. The highest BCUT2D eigenvalue weighted by atomic mass is 32.2. The third-order valence-electron chi connectivity index (χ3n) is 4.92. The number of para-hydroxylation sites is 2. The molecule has 1 unspecified atom stereocenters. The number of aromatic nitrogens is 1. The quantitative estimate of drug-likeness (QED) is 0.220. The molecule has 0 aliphatic heterocycles. The van der Waals surface area contributed by atoms with Crippen molar-refractivity contribution in [1.82, 2.24) is 4.57 Å². The number of esters is 1. The van der Waals surface area contributed by atoms with Crippen LogP contribution in [0, 0.1) is 0 Å². The Morgan fingerprint density at radius 3 is 2.28 bits per heavy atom. The fourth-order valence-corrected chi connectivity index (χ4v) is 4.21. The van der Waals surface area contributed by atoms with E-state index in [4.69, 9.17) is 9.47 Å². The van der Waals surface area contributed by atoms with Crippen LogP contribution in [0.5, 0.6) is 5.75 Å². The molecule has 0 bridgehead atoms. The molecule has 0 spiro atoms. The van der Waals surface area contributed by atoms with Gasteiger partial charge in [0.2, 0.25) is 6.10 Å². The largest absolute Gasteiger partial charge is 0.472 e. The SMILES string of the molecule is CCOC(=O)C(Oc1ccccc1-n1cccc1)c1ccc(CSc2ccccc2)cc1. The predicted molar refractivity (Wildman–Crippen MR) is 128 cm³/mol. The Balaban J connectivity index is 1.54. The maximum absolute atomic E-state index is 12.8. The molecule has 3 aromatic carbocycles. The predicted octanol–water partition coefficient (Wildman–Crippen LogP) is 6.45. The molecular formula is C27H25NO3S. The second-order valence-corrected chi connectivity index (χ2v) is 8.20. The molecule has 1 heterocycles. The van der Waals surface area contributed by atoms with E-state index in [1.54, 1.807) is 18.7 Å². The molecule has 0 N–H and O–H groups in total. The lowest BCUT2D eigenvalue weighted by Crippen LogP contribution is -2.22. The molecule has 4 aromatic rings.